The minimum absolute atomic E-state index is 0.0928. The summed E-state index contributed by atoms with van der Waals surface area (Å²) in [6.07, 6.45) is -1.80. The van der Waals surface area contributed by atoms with E-state index in [9.17, 15) is 26.4 Å². The van der Waals surface area contributed by atoms with Crippen LogP contribution in [0.4, 0.5) is 18.9 Å². The largest absolute Gasteiger partial charge is 0.416 e. The lowest BCUT2D eigenvalue weighted by Gasteiger charge is -2.15. The molecule has 0 aliphatic carbocycles. The molecule has 3 rings (SSSR count). The Labute approximate surface area is 157 Å². The number of carbonyl (C=O) groups excluding carboxylic acids is 1. The maximum Gasteiger partial charge on any atom is 0.416 e. The number of anilines is 1. The topological polar surface area (TPSA) is 107 Å². The lowest BCUT2D eigenvalue weighted by Crippen LogP contribution is -2.17. The van der Waals surface area contributed by atoms with Gasteiger partial charge in [0.1, 0.15) is 0 Å². The average Bonchev–Trinajstić information content (AvgIpc) is 3.15. The lowest BCUT2D eigenvalue weighted by molar-refractivity contribution is -0.137. The van der Waals surface area contributed by atoms with Crippen LogP contribution in [0.1, 0.15) is 15.9 Å². The first-order valence-corrected chi connectivity index (χ1v) is 9.20. The number of amides is 1. The van der Waals surface area contributed by atoms with Gasteiger partial charge in [0.2, 0.25) is 5.91 Å². The molecule has 0 unspecified atom stereocenters. The number of benzene rings is 2. The zero-order valence-corrected chi connectivity index (χ0v) is 14.8. The molecule has 3 N–H and O–H groups in total. The molecule has 0 bridgehead atoms. The van der Waals surface area contributed by atoms with E-state index in [1.54, 1.807) is 6.07 Å². The van der Waals surface area contributed by atoms with E-state index >= 15 is 0 Å². The van der Waals surface area contributed by atoms with Gasteiger partial charge in [0.05, 0.1) is 21.8 Å². The van der Waals surface area contributed by atoms with Crippen LogP contribution in [0.15, 0.2) is 65.8 Å². The van der Waals surface area contributed by atoms with Crippen LogP contribution in [0, 0.1) is 0 Å². The second-order valence-electron chi connectivity index (χ2n) is 5.67. The van der Waals surface area contributed by atoms with Crippen LogP contribution in [-0.2, 0) is 16.2 Å². The smallest absolute Gasteiger partial charge is 0.366 e. The van der Waals surface area contributed by atoms with E-state index in [1.165, 1.54) is 29.2 Å². The highest BCUT2D eigenvalue weighted by Gasteiger charge is 2.32. The molecule has 146 valence electrons. The molecular formula is C17H13F3N4O3S. The Bertz CT molecular complexity index is 1110. The summed E-state index contributed by atoms with van der Waals surface area (Å²) < 4.78 is 67.9. The highest BCUT2D eigenvalue weighted by molar-refractivity contribution is 7.92. The van der Waals surface area contributed by atoms with Crippen molar-refractivity contribution in [3.8, 4) is 5.69 Å². The zero-order valence-electron chi connectivity index (χ0n) is 14.0. The van der Waals surface area contributed by atoms with Gasteiger partial charge in [-0.25, -0.2) is 13.1 Å². The third kappa shape index (κ3) is 3.98. The van der Waals surface area contributed by atoms with Crippen molar-refractivity contribution in [3.05, 3.63) is 72.1 Å². The number of aromatic nitrogens is 2. The fourth-order valence-electron chi connectivity index (χ4n) is 2.41. The first-order valence-electron chi connectivity index (χ1n) is 7.72. The summed E-state index contributed by atoms with van der Waals surface area (Å²) in [5.41, 5.74) is 3.98. The Morgan fingerprint density at radius 2 is 1.79 bits per heavy atom. The lowest BCUT2D eigenvalue weighted by atomic mass is 10.1. The first-order chi connectivity index (χ1) is 13.1. The molecule has 28 heavy (non-hydrogen) atoms. The van der Waals surface area contributed by atoms with Crippen LogP contribution in [0.5, 0.6) is 0 Å². The predicted molar refractivity (Wildman–Crippen MR) is 94.3 cm³/mol. The molecule has 0 radical (unpaired) electrons. The van der Waals surface area contributed by atoms with Gasteiger partial charge in [0, 0.05) is 18.0 Å². The van der Waals surface area contributed by atoms with Gasteiger partial charge in [0.15, 0.2) is 0 Å². The maximum absolute atomic E-state index is 13.1. The van der Waals surface area contributed by atoms with Gasteiger partial charge in [-0.1, -0.05) is 0 Å². The van der Waals surface area contributed by atoms with Crippen molar-refractivity contribution >= 4 is 21.6 Å². The highest BCUT2D eigenvalue weighted by atomic mass is 32.2. The van der Waals surface area contributed by atoms with Crippen molar-refractivity contribution in [2.45, 2.75) is 11.1 Å². The molecule has 1 heterocycles. The van der Waals surface area contributed by atoms with Gasteiger partial charge in [-0.05, 0) is 48.5 Å². The van der Waals surface area contributed by atoms with Crippen LogP contribution in [0.25, 0.3) is 5.69 Å². The standard InChI is InChI=1S/C17H13F3N4O3S/c18-17(19,20)12-4-7-15(24-9-1-8-22-24)14(10-12)23-28(26,27)13-5-2-11(3-6-13)16(21)25/h1-10,23H,(H2,21,25). The predicted octanol–water partition coefficient (Wildman–Crippen LogP) is 2.79. The molecule has 1 amide bonds. The van der Waals surface area contributed by atoms with Crippen molar-refractivity contribution in [2.75, 3.05) is 4.72 Å². The Morgan fingerprint density at radius 1 is 1.11 bits per heavy atom. The van der Waals surface area contributed by atoms with Crippen LogP contribution in [0.3, 0.4) is 0 Å². The summed E-state index contributed by atoms with van der Waals surface area (Å²) in [6, 6.07) is 8.84. The molecule has 0 atom stereocenters. The fourth-order valence-corrected chi connectivity index (χ4v) is 3.47. The summed E-state index contributed by atoms with van der Waals surface area (Å²) in [5, 5.41) is 3.92. The van der Waals surface area contributed by atoms with E-state index in [1.807, 2.05) is 0 Å². The number of alkyl halides is 3. The van der Waals surface area contributed by atoms with Crippen molar-refractivity contribution in [1.29, 1.82) is 0 Å². The number of nitrogens with two attached hydrogens (primary N) is 1. The number of halogens is 3. The Hall–Kier alpha value is -3.34. The van der Waals surface area contributed by atoms with E-state index in [4.69, 9.17) is 5.73 Å². The molecule has 11 heteroatoms. The van der Waals surface area contributed by atoms with E-state index in [2.05, 4.69) is 9.82 Å². The van der Waals surface area contributed by atoms with Gasteiger partial charge in [-0.3, -0.25) is 9.52 Å². The van der Waals surface area contributed by atoms with Gasteiger partial charge < -0.3 is 5.73 Å². The minimum Gasteiger partial charge on any atom is -0.366 e. The van der Waals surface area contributed by atoms with Crippen LogP contribution in [-0.4, -0.2) is 24.1 Å². The molecule has 0 fully saturated rings. The summed E-state index contributed by atoms with van der Waals surface area (Å²) in [5.74, 6) is -0.740. The van der Waals surface area contributed by atoms with E-state index < -0.39 is 27.7 Å². The molecule has 0 saturated carbocycles. The number of sulfonamides is 1. The Morgan fingerprint density at radius 3 is 2.32 bits per heavy atom. The summed E-state index contributed by atoms with van der Waals surface area (Å²) in [6.45, 7) is 0. The molecule has 3 aromatic rings. The molecule has 0 aliphatic heterocycles. The van der Waals surface area contributed by atoms with Crippen molar-refractivity contribution in [3.63, 3.8) is 0 Å². The average molecular weight is 410 g/mol. The van der Waals surface area contributed by atoms with Gasteiger partial charge >= 0.3 is 6.18 Å². The highest BCUT2D eigenvalue weighted by Crippen LogP contribution is 2.34. The SMILES string of the molecule is NC(=O)c1ccc(S(=O)(=O)Nc2cc(C(F)(F)F)ccc2-n2cccn2)cc1. The number of nitrogens with one attached hydrogen (secondary N) is 1. The second-order valence-corrected chi connectivity index (χ2v) is 7.36. The molecule has 2 aromatic carbocycles. The number of hydrogen-bond donors (Lipinski definition) is 2. The van der Waals surface area contributed by atoms with Gasteiger partial charge in [0.25, 0.3) is 10.0 Å². The van der Waals surface area contributed by atoms with E-state index in [-0.39, 0.29) is 21.8 Å². The molecule has 0 spiro atoms. The van der Waals surface area contributed by atoms with Crippen LogP contribution in [0.2, 0.25) is 0 Å². The van der Waals surface area contributed by atoms with Gasteiger partial charge in [-0.2, -0.15) is 18.3 Å². The first kappa shape index (κ1) is 19.4. The number of primary amides is 1. The van der Waals surface area contributed by atoms with Crippen molar-refractivity contribution in [2.24, 2.45) is 5.73 Å². The van der Waals surface area contributed by atoms with Crippen molar-refractivity contribution < 1.29 is 26.4 Å². The Kier molecular flexibility index (Phi) is 4.86. The number of carbonyl (C=O) groups is 1. The number of hydrogen-bond acceptors (Lipinski definition) is 4. The third-order valence-electron chi connectivity index (χ3n) is 3.77. The minimum atomic E-state index is -4.66. The van der Waals surface area contributed by atoms with Crippen molar-refractivity contribution in [1.82, 2.24) is 9.78 Å². The summed E-state index contributed by atoms with van der Waals surface area (Å²) in [4.78, 5) is 10.9. The third-order valence-corrected chi connectivity index (χ3v) is 5.15. The monoisotopic (exact) mass is 410 g/mol. The quantitative estimate of drug-likeness (QED) is 0.674. The van der Waals surface area contributed by atoms with Crippen LogP contribution >= 0.6 is 0 Å². The van der Waals surface area contributed by atoms with E-state index in [0.717, 1.165) is 24.3 Å². The Balaban J connectivity index is 2.05. The fraction of sp³-hybridized carbons (Fsp3) is 0.0588. The molecule has 0 saturated heterocycles. The number of rotatable bonds is 5. The van der Waals surface area contributed by atoms with Gasteiger partial charge in [-0.15, -0.1) is 0 Å². The maximum atomic E-state index is 13.1. The molecular weight excluding hydrogens is 397 g/mol. The van der Waals surface area contributed by atoms with Crippen LogP contribution < -0.4 is 10.5 Å². The molecule has 0 aliphatic rings. The normalized spacial score (nSPS) is 12.0. The second kappa shape index (κ2) is 7.00. The molecule has 7 nitrogen and oxygen atoms in total. The molecule has 1 aromatic heterocycles. The summed E-state index contributed by atoms with van der Waals surface area (Å²) in [7, 11) is -4.24. The summed E-state index contributed by atoms with van der Waals surface area (Å²) >= 11 is 0. The van der Waals surface area contributed by atoms with E-state index in [0.29, 0.717) is 6.07 Å². The zero-order chi connectivity index (χ0) is 20.5. The number of nitrogens with zero attached hydrogens (tertiary/aromatic N) is 2.